The summed E-state index contributed by atoms with van der Waals surface area (Å²) in [5.41, 5.74) is -1.27. The summed E-state index contributed by atoms with van der Waals surface area (Å²) in [6, 6.07) is 3.13. The molecular weight excluding hydrogens is 251 g/mol. The van der Waals surface area contributed by atoms with Crippen LogP contribution in [0.2, 0.25) is 10.6 Å². The zero-order valence-corrected chi connectivity index (χ0v) is 10.8. The van der Waals surface area contributed by atoms with Gasteiger partial charge in [-0.1, -0.05) is 30.5 Å². The number of hydrogen-bond donors (Lipinski definition) is 0. The third-order valence-corrected chi connectivity index (χ3v) is 4.88. The van der Waals surface area contributed by atoms with Gasteiger partial charge in [0.15, 0.2) is 5.82 Å². The van der Waals surface area contributed by atoms with Crippen LogP contribution in [0.25, 0.3) is 0 Å². The lowest BCUT2D eigenvalue weighted by molar-refractivity contribution is -0.140. The van der Waals surface area contributed by atoms with Crippen molar-refractivity contribution in [3.8, 4) is 5.75 Å². The van der Waals surface area contributed by atoms with Gasteiger partial charge in [0.2, 0.25) is 0 Å². The van der Waals surface area contributed by atoms with Crippen molar-refractivity contribution in [1.82, 2.24) is 0 Å². The molecule has 0 radical (unpaired) electrons. The van der Waals surface area contributed by atoms with Crippen LogP contribution in [0.5, 0.6) is 5.75 Å². The second-order valence-corrected chi connectivity index (χ2v) is 6.78. The van der Waals surface area contributed by atoms with Gasteiger partial charge in [0, 0.05) is 0 Å². The van der Waals surface area contributed by atoms with Crippen LogP contribution < -0.4 is 3.79 Å². The average molecular weight is 264 g/mol. The van der Waals surface area contributed by atoms with Crippen molar-refractivity contribution in [2.45, 2.75) is 30.6 Å². The molecule has 0 aliphatic rings. The van der Waals surface area contributed by atoms with Crippen LogP contribution in [-0.2, 0) is 6.18 Å². The van der Waals surface area contributed by atoms with E-state index >= 15 is 0 Å². The normalized spacial score (nSPS) is 11.4. The van der Waals surface area contributed by atoms with Gasteiger partial charge in [0.1, 0.15) is 5.75 Å². The number of rotatable bonds is 4. The molecule has 0 bridgehead atoms. The SMILES string of the molecule is C[CH2][Al]([CH2]C)[O]c1cccc(C(F)(F)F)c1F. The first-order chi connectivity index (χ1) is 7.90. The summed E-state index contributed by atoms with van der Waals surface area (Å²) >= 11 is -1.63. The summed E-state index contributed by atoms with van der Waals surface area (Å²) in [5, 5.41) is 1.51. The first-order valence-corrected chi connectivity index (χ1v) is 7.52. The van der Waals surface area contributed by atoms with Crippen LogP contribution in [-0.4, -0.2) is 14.5 Å². The van der Waals surface area contributed by atoms with E-state index in [4.69, 9.17) is 3.79 Å². The van der Waals surface area contributed by atoms with Gasteiger partial charge in [0.25, 0.3) is 0 Å². The Bertz CT molecular complexity index is 374. The molecule has 0 heterocycles. The Balaban J connectivity index is 3.02. The Morgan fingerprint density at radius 1 is 1.18 bits per heavy atom. The maximum Gasteiger partial charge on any atom is 0.546 e. The van der Waals surface area contributed by atoms with E-state index in [9.17, 15) is 17.6 Å². The van der Waals surface area contributed by atoms with Gasteiger partial charge in [-0.25, -0.2) is 4.39 Å². The first-order valence-electron chi connectivity index (χ1n) is 5.42. The molecule has 0 atom stereocenters. The lowest BCUT2D eigenvalue weighted by atomic mass is 10.2. The fourth-order valence-corrected chi connectivity index (χ4v) is 2.91. The number of halogens is 4. The molecule has 0 aliphatic heterocycles. The molecule has 1 rings (SSSR count). The molecule has 0 spiro atoms. The lowest BCUT2D eigenvalue weighted by Gasteiger charge is -2.16. The van der Waals surface area contributed by atoms with E-state index in [1.807, 2.05) is 13.8 Å². The van der Waals surface area contributed by atoms with Crippen LogP contribution in [0.4, 0.5) is 17.6 Å². The van der Waals surface area contributed by atoms with Gasteiger partial charge in [-0.15, -0.1) is 0 Å². The molecule has 6 heteroatoms. The number of benzene rings is 1. The highest BCUT2D eigenvalue weighted by atomic mass is 27.2. The van der Waals surface area contributed by atoms with Crippen LogP contribution in [0, 0.1) is 5.82 Å². The third kappa shape index (κ3) is 3.62. The van der Waals surface area contributed by atoms with E-state index in [2.05, 4.69) is 0 Å². The van der Waals surface area contributed by atoms with Gasteiger partial charge in [-0.3, -0.25) is 0 Å². The minimum absolute atomic E-state index is 0.278. The fraction of sp³-hybridized carbons (Fsp3) is 0.455. The van der Waals surface area contributed by atoms with Crippen LogP contribution in [0.1, 0.15) is 19.4 Å². The summed E-state index contributed by atoms with van der Waals surface area (Å²) in [6.45, 7) is 3.79. The smallest absolute Gasteiger partial charge is 0.546 e. The standard InChI is InChI=1S/C7H4F4O.2C2H5.Al/c8-6-4(7(9,10)11)2-1-3-5(6)12;2*1-2;/h1-3,12H;2*1H2,2H3;/q;;;+1/p-1. The van der Waals surface area contributed by atoms with Gasteiger partial charge in [-0.2, -0.15) is 13.2 Å². The third-order valence-electron chi connectivity index (χ3n) is 2.47. The second kappa shape index (κ2) is 5.74. The van der Waals surface area contributed by atoms with Crippen LogP contribution in [0.15, 0.2) is 18.2 Å². The van der Waals surface area contributed by atoms with E-state index < -0.39 is 32.0 Å². The van der Waals surface area contributed by atoms with Crippen LogP contribution >= 0.6 is 0 Å². The zero-order chi connectivity index (χ0) is 13.1. The summed E-state index contributed by atoms with van der Waals surface area (Å²) in [4.78, 5) is 0. The van der Waals surface area contributed by atoms with Crippen molar-refractivity contribution >= 4 is 14.5 Å². The summed E-state index contributed by atoms with van der Waals surface area (Å²) < 4.78 is 56.3. The van der Waals surface area contributed by atoms with Crippen molar-refractivity contribution in [1.29, 1.82) is 0 Å². The van der Waals surface area contributed by atoms with E-state index in [0.717, 1.165) is 22.7 Å². The predicted octanol–water partition coefficient (Wildman–Crippen LogP) is 4.25. The molecule has 0 saturated carbocycles. The van der Waals surface area contributed by atoms with Crippen molar-refractivity contribution in [3.63, 3.8) is 0 Å². The quantitative estimate of drug-likeness (QED) is 0.583. The zero-order valence-electron chi connectivity index (χ0n) is 9.64. The monoisotopic (exact) mass is 264 g/mol. The molecule has 0 amide bonds. The summed E-state index contributed by atoms with van der Waals surface area (Å²) in [5.74, 6) is -1.58. The van der Waals surface area contributed by atoms with Crippen molar-refractivity contribution < 1.29 is 21.4 Å². The molecule has 1 nitrogen and oxygen atoms in total. The predicted molar refractivity (Wildman–Crippen MR) is 58.7 cm³/mol. The number of alkyl halides is 3. The Morgan fingerprint density at radius 3 is 2.24 bits per heavy atom. The maximum absolute atomic E-state index is 13.6. The van der Waals surface area contributed by atoms with Crippen molar-refractivity contribution in [2.75, 3.05) is 0 Å². The Morgan fingerprint density at radius 2 is 1.76 bits per heavy atom. The Kier molecular flexibility index (Phi) is 4.84. The Hall–Kier alpha value is -0.728. The largest absolute Gasteiger partial charge is 0.641 e. The van der Waals surface area contributed by atoms with Gasteiger partial charge >= 0.3 is 20.7 Å². The lowest BCUT2D eigenvalue weighted by Crippen LogP contribution is -2.20. The van der Waals surface area contributed by atoms with Gasteiger partial charge < -0.3 is 3.79 Å². The molecule has 0 fully saturated rings. The van der Waals surface area contributed by atoms with Crippen LogP contribution in [0.3, 0.4) is 0 Å². The highest BCUT2D eigenvalue weighted by Gasteiger charge is 2.35. The highest BCUT2D eigenvalue weighted by Crippen LogP contribution is 2.34. The maximum atomic E-state index is 13.6. The van der Waals surface area contributed by atoms with Crippen molar-refractivity contribution in [3.05, 3.63) is 29.6 Å². The number of hydrogen-bond acceptors (Lipinski definition) is 1. The minimum Gasteiger partial charge on any atom is -0.641 e. The molecule has 1 aromatic rings. The van der Waals surface area contributed by atoms with Crippen molar-refractivity contribution in [2.24, 2.45) is 0 Å². The van der Waals surface area contributed by atoms with Gasteiger partial charge in [-0.05, 0) is 12.1 Å². The molecule has 94 valence electrons. The van der Waals surface area contributed by atoms with E-state index in [1.54, 1.807) is 0 Å². The molecule has 0 unspecified atom stereocenters. The Labute approximate surface area is 102 Å². The van der Waals surface area contributed by atoms with E-state index in [-0.39, 0.29) is 5.75 Å². The highest BCUT2D eigenvalue weighted by molar-refractivity contribution is 6.52. The second-order valence-electron chi connectivity index (χ2n) is 3.67. The first kappa shape index (κ1) is 14.3. The summed E-state index contributed by atoms with van der Waals surface area (Å²) in [6.07, 6.45) is -4.68. The fourth-order valence-electron chi connectivity index (χ4n) is 1.46. The van der Waals surface area contributed by atoms with E-state index in [1.165, 1.54) is 6.07 Å². The van der Waals surface area contributed by atoms with E-state index in [0.29, 0.717) is 0 Å². The molecule has 17 heavy (non-hydrogen) atoms. The topological polar surface area (TPSA) is 9.23 Å². The molecule has 1 aromatic carbocycles. The molecule has 0 saturated heterocycles. The minimum atomic E-state index is -4.68. The molecule has 0 aromatic heterocycles. The average Bonchev–Trinajstić information content (AvgIpc) is 2.26. The van der Waals surface area contributed by atoms with Gasteiger partial charge in [0.05, 0.1) is 5.56 Å². The molecule has 0 aliphatic carbocycles. The molecular formula is C11H13AlF4O. The molecule has 0 N–H and O–H groups in total. The summed E-state index contributed by atoms with van der Waals surface area (Å²) in [7, 11) is 0.